The molecule has 0 fully saturated rings. The van der Waals surface area contributed by atoms with Crippen LogP contribution in [0.25, 0.3) is 0 Å². The van der Waals surface area contributed by atoms with E-state index in [1.54, 1.807) is 12.1 Å². The molecule has 0 unspecified atom stereocenters. The second-order valence-electron chi connectivity index (χ2n) is 4.95. The lowest BCUT2D eigenvalue weighted by atomic mass is 10.1. The number of urea groups is 1. The van der Waals surface area contributed by atoms with Crippen molar-refractivity contribution >= 4 is 33.3 Å². The number of amides is 2. The number of nitrogens with one attached hydrogen (secondary N) is 2. The van der Waals surface area contributed by atoms with E-state index in [2.05, 4.69) is 10.6 Å². The molecule has 0 aliphatic heterocycles. The summed E-state index contributed by atoms with van der Waals surface area (Å²) < 4.78 is 35.6. The Balaban J connectivity index is 1.83. The second-order valence-corrected chi connectivity index (χ2v) is 6.92. The lowest BCUT2D eigenvalue weighted by molar-refractivity contribution is 0.252. The second kappa shape index (κ2) is 7.61. The molecule has 0 aliphatic rings. The first-order valence-electron chi connectivity index (χ1n) is 6.87. The lowest BCUT2D eigenvalue weighted by Gasteiger charge is -2.08. The molecule has 0 bridgehead atoms. The summed E-state index contributed by atoms with van der Waals surface area (Å²) in [6.45, 7) is 0.316. The van der Waals surface area contributed by atoms with E-state index < -0.39 is 21.9 Å². The Labute approximate surface area is 143 Å². The highest BCUT2D eigenvalue weighted by atomic mass is 35.5. The summed E-state index contributed by atoms with van der Waals surface area (Å²) in [6.07, 6.45) is 0.493. The molecule has 0 saturated carbocycles. The Kier molecular flexibility index (Phi) is 5.76. The summed E-state index contributed by atoms with van der Waals surface area (Å²) in [7, 11) is -3.71. The lowest BCUT2D eigenvalue weighted by Crippen LogP contribution is -2.30. The van der Waals surface area contributed by atoms with Gasteiger partial charge in [0.05, 0.1) is 9.92 Å². The number of sulfonamides is 1. The van der Waals surface area contributed by atoms with Crippen LogP contribution in [0.1, 0.15) is 5.56 Å². The van der Waals surface area contributed by atoms with Crippen molar-refractivity contribution in [1.29, 1.82) is 0 Å². The standard InChI is InChI=1S/C15H15ClFN3O3S/c16-13-6-3-11(9-14(13)17)20-15(21)19-8-7-10-1-4-12(5-2-10)24(18,22)23/h1-6,9H,7-8H2,(H2,18,22,23)(H2,19,20,21). The minimum Gasteiger partial charge on any atom is -0.338 e. The fraction of sp³-hybridized carbons (Fsp3) is 0.133. The van der Waals surface area contributed by atoms with Crippen molar-refractivity contribution in [2.24, 2.45) is 5.14 Å². The quantitative estimate of drug-likeness (QED) is 0.752. The summed E-state index contributed by atoms with van der Waals surface area (Å²) in [5.74, 6) is -0.621. The molecule has 0 aliphatic carbocycles. The van der Waals surface area contributed by atoms with Crippen LogP contribution in [0.3, 0.4) is 0 Å². The van der Waals surface area contributed by atoms with E-state index >= 15 is 0 Å². The third-order valence-corrected chi connectivity index (χ3v) is 4.36. The maximum Gasteiger partial charge on any atom is 0.319 e. The summed E-state index contributed by atoms with van der Waals surface area (Å²) in [5.41, 5.74) is 1.12. The highest BCUT2D eigenvalue weighted by Crippen LogP contribution is 2.18. The van der Waals surface area contributed by atoms with E-state index in [9.17, 15) is 17.6 Å². The number of benzene rings is 2. The van der Waals surface area contributed by atoms with E-state index in [4.69, 9.17) is 16.7 Å². The maximum absolute atomic E-state index is 13.3. The van der Waals surface area contributed by atoms with Gasteiger partial charge in [0.1, 0.15) is 5.82 Å². The van der Waals surface area contributed by atoms with Crippen molar-refractivity contribution in [2.45, 2.75) is 11.3 Å². The first kappa shape index (κ1) is 18.2. The van der Waals surface area contributed by atoms with Crippen LogP contribution in [0, 0.1) is 5.82 Å². The van der Waals surface area contributed by atoms with Gasteiger partial charge in [-0.05, 0) is 42.3 Å². The topological polar surface area (TPSA) is 101 Å². The summed E-state index contributed by atoms with van der Waals surface area (Å²) >= 11 is 5.56. The van der Waals surface area contributed by atoms with E-state index in [1.807, 2.05) is 0 Å². The Morgan fingerprint density at radius 1 is 1.17 bits per heavy atom. The summed E-state index contributed by atoms with van der Waals surface area (Å²) in [6, 6.07) is 9.51. The van der Waals surface area contributed by atoms with Gasteiger partial charge >= 0.3 is 6.03 Å². The molecule has 0 aromatic heterocycles. The molecular formula is C15H15ClFN3O3S. The molecule has 0 atom stereocenters. The third-order valence-electron chi connectivity index (χ3n) is 3.13. The predicted molar refractivity (Wildman–Crippen MR) is 90.0 cm³/mol. The zero-order valence-electron chi connectivity index (χ0n) is 12.4. The van der Waals surface area contributed by atoms with E-state index in [1.165, 1.54) is 24.3 Å². The fourth-order valence-corrected chi connectivity index (χ4v) is 2.55. The Morgan fingerprint density at radius 3 is 2.42 bits per heavy atom. The van der Waals surface area contributed by atoms with Gasteiger partial charge in [0.2, 0.25) is 10.0 Å². The van der Waals surface area contributed by atoms with Crippen molar-refractivity contribution in [1.82, 2.24) is 5.32 Å². The van der Waals surface area contributed by atoms with Gasteiger partial charge in [-0.2, -0.15) is 0 Å². The average Bonchev–Trinajstić information content (AvgIpc) is 2.50. The largest absolute Gasteiger partial charge is 0.338 e. The zero-order chi connectivity index (χ0) is 17.7. The Morgan fingerprint density at radius 2 is 1.83 bits per heavy atom. The molecule has 0 saturated heterocycles. The van der Waals surface area contributed by atoms with Crippen molar-refractivity contribution in [3.63, 3.8) is 0 Å². The molecule has 2 aromatic carbocycles. The molecule has 2 amide bonds. The molecular weight excluding hydrogens is 357 g/mol. The molecule has 0 heterocycles. The van der Waals surface area contributed by atoms with Crippen molar-refractivity contribution in [3.8, 4) is 0 Å². The smallest absolute Gasteiger partial charge is 0.319 e. The van der Waals surface area contributed by atoms with Crippen LogP contribution in [-0.4, -0.2) is 21.0 Å². The number of carbonyl (C=O) groups excluding carboxylic acids is 1. The predicted octanol–water partition coefficient (Wildman–Crippen LogP) is 2.49. The molecule has 24 heavy (non-hydrogen) atoms. The zero-order valence-corrected chi connectivity index (χ0v) is 14.0. The SMILES string of the molecule is NS(=O)(=O)c1ccc(CCNC(=O)Nc2ccc(Cl)c(F)c2)cc1. The van der Waals surface area contributed by atoms with Crippen LogP contribution in [-0.2, 0) is 16.4 Å². The highest BCUT2D eigenvalue weighted by Gasteiger charge is 2.07. The first-order valence-corrected chi connectivity index (χ1v) is 8.80. The van der Waals surface area contributed by atoms with Gasteiger partial charge in [-0.3, -0.25) is 0 Å². The van der Waals surface area contributed by atoms with Gasteiger partial charge in [0.25, 0.3) is 0 Å². The van der Waals surface area contributed by atoms with Gasteiger partial charge in [0, 0.05) is 12.2 Å². The number of nitrogens with two attached hydrogens (primary N) is 1. The van der Waals surface area contributed by atoms with E-state index in [0.717, 1.165) is 11.6 Å². The van der Waals surface area contributed by atoms with Gasteiger partial charge in [-0.1, -0.05) is 23.7 Å². The molecule has 9 heteroatoms. The van der Waals surface area contributed by atoms with Gasteiger partial charge in [0.15, 0.2) is 0 Å². The van der Waals surface area contributed by atoms with Crippen molar-refractivity contribution < 1.29 is 17.6 Å². The van der Waals surface area contributed by atoms with Crippen LogP contribution in [0.2, 0.25) is 5.02 Å². The molecule has 0 radical (unpaired) electrons. The van der Waals surface area contributed by atoms with Crippen LogP contribution >= 0.6 is 11.6 Å². The fourth-order valence-electron chi connectivity index (χ4n) is 1.92. The molecule has 128 valence electrons. The molecule has 2 aromatic rings. The molecule has 2 rings (SSSR count). The Bertz CT molecular complexity index is 842. The van der Waals surface area contributed by atoms with E-state index in [-0.39, 0.29) is 15.6 Å². The van der Waals surface area contributed by atoms with Crippen LogP contribution < -0.4 is 15.8 Å². The number of hydrogen-bond donors (Lipinski definition) is 3. The van der Waals surface area contributed by atoms with E-state index in [0.29, 0.717) is 13.0 Å². The number of rotatable bonds is 5. The molecule has 4 N–H and O–H groups in total. The van der Waals surface area contributed by atoms with Gasteiger partial charge in [-0.25, -0.2) is 22.7 Å². The van der Waals surface area contributed by atoms with Gasteiger partial charge in [-0.15, -0.1) is 0 Å². The van der Waals surface area contributed by atoms with Gasteiger partial charge < -0.3 is 10.6 Å². The Hall–Kier alpha value is -2.16. The number of hydrogen-bond acceptors (Lipinski definition) is 3. The van der Waals surface area contributed by atoms with Crippen molar-refractivity contribution in [2.75, 3.05) is 11.9 Å². The molecule has 0 spiro atoms. The number of halogens is 2. The number of carbonyl (C=O) groups is 1. The monoisotopic (exact) mass is 371 g/mol. The van der Waals surface area contributed by atoms with Crippen LogP contribution in [0.5, 0.6) is 0 Å². The minimum absolute atomic E-state index is 0.0242. The first-order chi connectivity index (χ1) is 11.3. The third kappa shape index (κ3) is 5.19. The van der Waals surface area contributed by atoms with Crippen LogP contribution in [0.15, 0.2) is 47.4 Å². The number of anilines is 1. The summed E-state index contributed by atoms with van der Waals surface area (Å²) in [5, 5.41) is 10.1. The normalized spacial score (nSPS) is 11.1. The van der Waals surface area contributed by atoms with Crippen molar-refractivity contribution in [3.05, 3.63) is 58.9 Å². The maximum atomic E-state index is 13.3. The average molecular weight is 372 g/mol. The summed E-state index contributed by atoms with van der Waals surface area (Å²) in [4.78, 5) is 11.7. The number of primary sulfonamides is 1. The van der Waals surface area contributed by atoms with Crippen LogP contribution in [0.4, 0.5) is 14.9 Å². The molecule has 6 nitrogen and oxygen atoms in total. The highest BCUT2D eigenvalue weighted by molar-refractivity contribution is 7.89. The minimum atomic E-state index is -3.71.